The lowest BCUT2D eigenvalue weighted by Gasteiger charge is -2.25. The number of carbonyl (C=O) groups excluding carboxylic acids is 1. The molecule has 1 aromatic carbocycles. The predicted molar refractivity (Wildman–Crippen MR) is 94.7 cm³/mol. The molecule has 1 aliphatic rings. The first-order valence-corrected chi connectivity index (χ1v) is 8.91. The van der Waals surface area contributed by atoms with Crippen molar-refractivity contribution in [1.82, 2.24) is 4.90 Å². The monoisotopic (exact) mass is 393 g/mol. The number of likely N-dealkylation sites (N-methyl/N-ethyl adjacent to an activating group) is 1. The zero-order valence-electron chi connectivity index (χ0n) is 13.8. The van der Waals surface area contributed by atoms with Gasteiger partial charge in [0, 0.05) is 17.1 Å². The Labute approximate surface area is 150 Å². The highest BCUT2D eigenvalue weighted by atomic mass is 79.9. The number of nitrogens with zero attached hydrogens (tertiary/aromatic N) is 1. The van der Waals surface area contributed by atoms with E-state index in [1.807, 2.05) is 43.4 Å². The fourth-order valence-corrected chi connectivity index (χ4v) is 3.00. The number of morpholine rings is 1. The molecule has 0 atom stereocenters. The third kappa shape index (κ3) is 4.47. The zero-order chi connectivity index (χ0) is 16.9. The predicted octanol–water partition coefficient (Wildman–Crippen LogP) is 1.58. The molecule has 0 unspecified atom stereocenters. The van der Waals surface area contributed by atoms with E-state index in [1.54, 1.807) is 4.90 Å². The van der Waals surface area contributed by atoms with Crippen molar-refractivity contribution in [2.45, 2.75) is 6.54 Å². The Bertz CT molecular complexity index is 678. The maximum Gasteiger partial charge on any atom is 0.277 e. The Kier molecular flexibility index (Phi) is 5.71. The number of nitrogens with one attached hydrogen (secondary N) is 1. The molecular formula is C18H22BrN2O3+. The molecule has 0 spiro atoms. The first kappa shape index (κ1) is 17.2. The topological polar surface area (TPSA) is 47.1 Å². The molecule has 1 amide bonds. The Balaban J connectivity index is 1.57. The van der Waals surface area contributed by atoms with E-state index in [2.05, 4.69) is 15.9 Å². The summed E-state index contributed by atoms with van der Waals surface area (Å²) < 4.78 is 12.2. The summed E-state index contributed by atoms with van der Waals surface area (Å²) in [5.41, 5.74) is 1.02. The molecule has 6 heteroatoms. The van der Waals surface area contributed by atoms with Gasteiger partial charge in [-0.3, -0.25) is 4.79 Å². The van der Waals surface area contributed by atoms with Crippen LogP contribution in [0.2, 0.25) is 0 Å². The van der Waals surface area contributed by atoms with Gasteiger partial charge in [0.25, 0.3) is 5.91 Å². The highest BCUT2D eigenvalue weighted by Gasteiger charge is 2.20. The van der Waals surface area contributed by atoms with Gasteiger partial charge in [-0.2, -0.15) is 0 Å². The number of benzene rings is 1. The number of hydrogen-bond acceptors (Lipinski definition) is 3. The maximum atomic E-state index is 12.3. The van der Waals surface area contributed by atoms with Crippen LogP contribution in [0.15, 0.2) is 45.3 Å². The van der Waals surface area contributed by atoms with E-state index in [0.29, 0.717) is 13.1 Å². The summed E-state index contributed by atoms with van der Waals surface area (Å²) in [6.07, 6.45) is 0. The molecule has 2 heterocycles. The van der Waals surface area contributed by atoms with Crippen LogP contribution in [-0.4, -0.2) is 50.7 Å². The van der Waals surface area contributed by atoms with Gasteiger partial charge in [-0.05, 0) is 24.3 Å². The van der Waals surface area contributed by atoms with Gasteiger partial charge in [-0.15, -0.1) is 0 Å². The fraction of sp³-hybridized carbons (Fsp3) is 0.389. The van der Waals surface area contributed by atoms with Gasteiger partial charge in [0.2, 0.25) is 0 Å². The molecule has 3 rings (SSSR count). The van der Waals surface area contributed by atoms with Gasteiger partial charge in [-0.1, -0.05) is 28.1 Å². The number of carbonyl (C=O) groups is 1. The van der Waals surface area contributed by atoms with Crippen LogP contribution in [-0.2, 0) is 16.1 Å². The highest BCUT2D eigenvalue weighted by molar-refractivity contribution is 9.10. The second-order valence-electron chi connectivity index (χ2n) is 6.06. The molecule has 5 nitrogen and oxygen atoms in total. The van der Waals surface area contributed by atoms with E-state index in [9.17, 15) is 4.79 Å². The minimum atomic E-state index is 0.133. The van der Waals surface area contributed by atoms with Crippen LogP contribution in [0.4, 0.5) is 0 Å². The smallest absolute Gasteiger partial charge is 0.277 e. The van der Waals surface area contributed by atoms with Crippen LogP contribution < -0.4 is 4.90 Å². The van der Waals surface area contributed by atoms with Gasteiger partial charge >= 0.3 is 0 Å². The lowest BCUT2D eigenvalue weighted by atomic mass is 10.2. The van der Waals surface area contributed by atoms with Crippen LogP contribution >= 0.6 is 15.9 Å². The van der Waals surface area contributed by atoms with Crippen LogP contribution in [0.25, 0.3) is 11.3 Å². The van der Waals surface area contributed by atoms with Crippen molar-refractivity contribution in [3.63, 3.8) is 0 Å². The Morgan fingerprint density at radius 2 is 1.88 bits per heavy atom. The van der Waals surface area contributed by atoms with Crippen molar-refractivity contribution in [2.75, 3.05) is 39.9 Å². The maximum absolute atomic E-state index is 12.3. The second kappa shape index (κ2) is 7.96. The Morgan fingerprint density at radius 1 is 1.17 bits per heavy atom. The molecule has 1 aromatic heterocycles. The summed E-state index contributed by atoms with van der Waals surface area (Å²) in [5, 5.41) is 0. The van der Waals surface area contributed by atoms with Crippen molar-refractivity contribution in [3.8, 4) is 11.3 Å². The van der Waals surface area contributed by atoms with Gasteiger partial charge in [0.05, 0.1) is 19.8 Å². The third-order valence-electron chi connectivity index (χ3n) is 4.21. The Hall–Kier alpha value is -1.63. The number of furan rings is 1. The van der Waals surface area contributed by atoms with Gasteiger partial charge in [0.1, 0.15) is 24.6 Å². The van der Waals surface area contributed by atoms with E-state index in [0.717, 1.165) is 47.9 Å². The van der Waals surface area contributed by atoms with Crippen LogP contribution in [0, 0.1) is 0 Å². The fourth-order valence-electron chi connectivity index (χ4n) is 2.74. The van der Waals surface area contributed by atoms with E-state index in [-0.39, 0.29) is 5.91 Å². The van der Waals surface area contributed by atoms with Crippen LogP contribution in [0.1, 0.15) is 5.76 Å². The van der Waals surface area contributed by atoms with Crippen LogP contribution in [0.5, 0.6) is 0 Å². The van der Waals surface area contributed by atoms with Crippen molar-refractivity contribution >= 4 is 21.8 Å². The second-order valence-corrected chi connectivity index (χ2v) is 6.98. The van der Waals surface area contributed by atoms with Gasteiger partial charge in [0.15, 0.2) is 6.54 Å². The quantitative estimate of drug-likeness (QED) is 0.838. The lowest BCUT2D eigenvalue weighted by Crippen LogP contribution is -3.15. The van der Waals surface area contributed by atoms with Crippen molar-refractivity contribution in [1.29, 1.82) is 0 Å². The van der Waals surface area contributed by atoms with Crippen molar-refractivity contribution < 1.29 is 18.8 Å². The minimum absolute atomic E-state index is 0.133. The normalized spacial score (nSPS) is 15.4. The van der Waals surface area contributed by atoms with E-state index >= 15 is 0 Å². The summed E-state index contributed by atoms with van der Waals surface area (Å²) in [7, 11) is 1.82. The molecule has 0 radical (unpaired) electrons. The van der Waals surface area contributed by atoms with E-state index in [4.69, 9.17) is 9.15 Å². The average Bonchev–Trinajstić information content (AvgIpc) is 3.05. The molecule has 0 bridgehead atoms. The molecule has 24 heavy (non-hydrogen) atoms. The molecule has 0 aliphatic carbocycles. The number of halogens is 1. The molecule has 2 aromatic rings. The molecule has 1 N–H and O–H groups in total. The SMILES string of the molecule is CN(Cc1ccc(-c2ccc(Br)cc2)o1)C(=O)C[NH+]1CCOCC1. The summed E-state index contributed by atoms with van der Waals surface area (Å²) in [6.45, 7) is 4.27. The average molecular weight is 394 g/mol. The largest absolute Gasteiger partial charge is 0.459 e. The number of rotatable bonds is 5. The summed E-state index contributed by atoms with van der Waals surface area (Å²) >= 11 is 3.43. The summed E-state index contributed by atoms with van der Waals surface area (Å²) in [4.78, 5) is 15.4. The first-order valence-electron chi connectivity index (χ1n) is 8.12. The highest BCUT2D eigenvalue weighted by Crippen LogP contribution is 2.24. The molecule has 1 fully saturated rings. The molecule has 128 valence electrons. The number of amides is 1. The van der Waals surface area contributed by atoms with Gasteiger partial charge < -0.3 is 19.0 Å². The van der Waals surface area contributed by atoms with Crippen molar-refractivity contribution in [3.05, 3.63) is 46.6 Å². The molecular weight excluding hydrogens is 372 g/mol. The van der Waals surface area contributed by atoms with Crippen LogP contribution in [0.3, 0.4) is 0 Å². The number of quaternary nitrogens is 1. The number of hydrogen-bond donors (Lipinski definition) is 1. The van der Waals surface area contributed by atoms with E-state index in [1.165, 1.54) is 4.90 Å². The third-order valence-corrected chi connectivity index (χ3v) is 4.74. The van der Waals surface area contributed by atoms with E-state index < -0.39 is 0 Å². The standard InChI is InChI=1S/C18H21BrN2O3/c1-20(18(22)13-21-8-10-23-11-9-21)12-16-6-7-17(24-16)14-2-4-15(19)5-3-14/h2-7H,8-13H2,1H3/p+1. The molecule has 1 saturated heterocycles. The minimum Gasteiger partial charge on any atom is -0.459 e. The van der Waals surface area contributed by atoms with Gasteiger partial charge in [-0.25, -0.2) is 0 Å². The first-order chi connectivity index (χ1) is 11.6. The zero-order valence-corrected chi connectivity index (χ0v) is 15.3. The summed E-state index contributed by atoms with van der Waals surface area (Å²) in [5.74, 6) is 1.74. The number of ether oxygens (including phenoxy) is 1. The molecule has 1 aliphatic heterocycles. The summed E-state index contributed by atoms with van der Waals surface area (Å²) in [6, 6.07) is 11.9. The Morgan fingerprint density at radius 3 is 2.58 bits per heavy atom. The lowest BCUT2D eigenvalue weighted by molar-refractivity contribution is -0.900. The van der Waals surface area contributed by atoms with Crippen molar-refractivity contribution in [2.24, 2.45) is 0 Å². The molecule has 0 saturated carbocycles.